The van der Waals surface area contributed by atoms with E-state index in [9.17, 15) is 14.4 Å². The summed E-state index contributed by atoms with van der Waals surface area (Å²) in [6.45, 7) is 11.1. The SMILES string of the molecule is Cc1nc(C(=O)NC(C)C)sc1C(=O)NC[C@@H](C)C(=O)N[C@@H]1CN2CCCN2Cc2ccccc21. The van der Waals surface area contributed by atoms with Gasteiger partial charge in [0.25, 0.3) is 11.8 Å². The van der Waals surface area contributed by atoms with Gasteiger partial charge < -0.3 is 16.0 Å². The Hall–Kier alpha value is -2.82. The van der Waals surface area contributed by atoms with Crippen molar-refractivity contribution >= 4 is 29.1 Å². The molecule has 2 aromatic rings. The molecule has 2 aliphatic rings. The second-order valence-corrected chi connectivity index (χ2v) is 10.6. The number of aromatic nitrogens is 1. The maximum atomic E-state index is 13.1. The molecule has 0 unspecified atom stereocenters. The molecule has 35 heavy (non-hydrogen) atoms. The molecule has 1 aromatic carbocycles. The van der Waals surface area contributed by atoms with E-state index in [0.29, 0.717) is 10.6 Å². The number of carbonyl (C=O) groups is 3. The fourth-order valence-corrected chi connectivity index (χ4v) is 5.40. The van der Waals surface area contributed by atoms with E-state index >= 15 is 0 Å². The second-order valence-electron chi connectivity index (χ2n) is 9.59. The molecule has 3 amide bonds. The predicted molar refractivity (Wildman–Crippen MR) is 135 cm³/mol. The van der Waals surface area contributed by atoms with Crippen LogP contribution in [0.4, 0.5) is 0 Å². The Labute approximate surface area is 210 Å². The van der Waals surface area contributed by atoms with Crippen LogP contribution >= 0.6 is 11.3 Å². The molecule has 3 N–H and O–H groups in total. The molecule has 10 heteroatoms. The summed E-state index contributed by atoms with van der Waals surface area (Å²) in [5.41, 5.74) is 2.89. The molecule has 9 nitrogen and oxygen atoms in total. The number of nitrogens with zero attached hydrogens (tertiary/aromatic N) is 3. The van der Waals surface area contributed by atoms with Gasteiger partial charge in [0.1, 0.15) is 4.88 Å². The van der Waals surface area contributed by atoms with Crippen molar-refractivity contribution in [1.82, 2.24) is 31.0 Å². The van der Waals surface area contributed by atoms with Gasteiger partial charge in [-0.15, -0.1) is 11.3 Å². The van der Waals surface area contributed by atoms with Gasteiger partial charge in [-0.1, -0.05) is 31.2 Å². The smallest absolute Gasteiger partial charge is 0.280 e. The molecule has 1 aromatic heterocycles. The van der Waals surface area contributed by atoms with Crippen LogP contribution in [0, 0.1) is 12.8 Å². The Morgan fingerprint density at radius 2 is 1.86 bits per heavy atom. The first-order valence-corrected chi connectivity index (χ1v) is 13.0. The number of hydrogen-bond donors (Lipinski definition) is 3. The summed E-state index contributed by atoms with van der Waals surface area (Å²) in [6.07, 6.45) is 1.13. The van der Waals surface area contributed by atoms with Crippen LogP contribution in [0.15, 0.2) is 24.3 Å². The van der Waals surface area contributed by atoms with E-state index in [0.717, 1.165) is 49.5 Å². The number of amides is 3. The van der Waals surface area contributed by atoms with Crippen LogP contribution in [0.3, 0.4) is 0 Å². The molecule has 1 fully saturated rings. The molecule has 1 saturated heterocycles. The van der Waals surface area contributed by atoms with Gasteiger partial charge in [-0.2, -0.15) is 0 Å². The van der Waals surface area contributed by atoms with E-state index in [-0.39, 0.29) is 41.4 Å². The maximum Gasteiger partial charge on any atom is 0.280 e. The van der Waals surface area contributed by atoms with Crippen LogP contribution in [-0.4, -0.2) is 64.9 Å². The minimum absolute atomic E-state index is 0.0164. The van der Waals surface area contributed by atoms with Crippen molar-refractivity contribution in [2.75, 3.05) is 26.2 Å². The van der Waals surface area contributed by atoms with Crippen LogP contribution in [0.25, 0.3) is 0 Å². The first-order chi connectivity index (χ1) is 16.7. The molecule has 0 spiro atoms. The number of thiazole rings is 1. The van der Waals surface area contributed by atoms with Crippen molar-refractivity contribution in [3.8, 4) is 0 Å². The molecule has 2 aliphatic heterocycles. The number of nitrogens with one attached hydrogen (secondary N) is 3. The Morgan fingerprint density at radius 1 is 1.11 bits per heavy atom. The number of hydrogen-bond acceptors (Lipinski definition) is 7. The van der Waals surface area contributed by atoms with Gasteiger partial charge in [-0.3, -0.25) is 14.4 Å². The minimum Gasteiger partial charge on any atom is -0.350 e. The van der Waals surface area contributed by atoms with E-state index in [1.54, 1.807) is 13.8 Å². The van der Waals surface area contributed by atoms with Crippen molar-refractivity contribution in [3.05, 3.63) is 51.0 Å². The summed E-state index contributed by atoms with van der Waals surface area (Å²) in [4.78, 5) is 42.7. The van der Waals surface area contributed by atoms with Gasteiger partial charge in [0, 0.05) is 38.8 Å². The zero-order chi connectivity index (χ0) is 25.1. The highest BCUT2D eigenvalue weighted by Gasteiger charge is 2.32. The lowest BCUT2D eigenvalue weighted by atomic mass is 9.99. The second kappa shape index (κ2) is 10.8. The highest BCUT2D eigenvalue weighted by molar-refractivity contribution is 7.15. The van der Waals surface area contributed by atoms with Crippen molar-refractivity contribution in [2.24, 2.45) is 5.92 Å². The van der Waals surface area contributed by atoms with Crippen LogP contribution < -0.4 is 16.0 Å². The van der Waals surface area contributed by atoms with Gasteiger partial charge in [-0.25, -0.2) is 15.0 Å². The van der Waals surface area contributed by atoms with Gasteiger partial charge in [-0.05, 0) is 38.3 Å². The van der Waals surface area contributed by atoms with Crippen molar-refractivity contribution < 1.29 is 14.4 Å². The Kier molecular flexibility index (Phi) is 7.83. The van der Waals surface area contributed by atoms with Crippen molar-refractivity contribution in [2.45, 2.75) is 52.7 Å². The van der Waals surface area contributed by atoms with Gasteiger partial charge in [0.15, 0.2) is 5.01 Å². The van der Waals surface area contributed by atoms with E-state index in [1.165, 1.54) is 5.56 Å². The minimum atomic E-state index is -0.416. The normalized spacial score (nSPS) is 18.9. The third-order valence-electron chi connectivity index (χ3n) is 6.36. The van der Waals surface area contributed by atoms with Crippen LogP contribution in [0.5, 0.6) is 0 Å². The molecule has 2 atom stereocenters. The van der Waals surface area contributed by atoms with Crippen molar-refractivity contribution in [3.63, 3.8) is 0 Å². The lowest BCUT2D eigenvalue weighted by Crippen LogP contribution is -2.43. The Morgan fingerprint density at radius 3 is 2.63 bits per heavy atom. The quantitative estimate of drug-likeness (QED) is 0.541. The van der Waals surface area contributed by atoms with Gasteiger partial charge in [0.05, 0.1) is 17.7 Å². The molecule has 0 saturated carbocycles. The third kappa shape index (κ3) is 5.88. The topological polar surface area (TPSA) is 107 Å². The average molecular weight is 499 g/mol. The molecule has 4 rings (SSSR count). The molecule has 0 aliphatic carbocycles. The molecular weight excluding hydrogens is 464 g/mol. The lowest BCUT2D eigenvalue weighted by Gasteiger charge is -2.28. The summed E-state index contributed by atoms with van der Waals surface area (Å²) in [5.74, 6) is -1.13. The van der Waals surface area contributed by atoms with E-state index in [4.69, 9.17) is 0 Å². The zero-order valence-corrected chi connectivity index (χ0v) is 21.6. The highest BCUT2D eigenvalue weighted by atomic mass is 32.1. The summed E-state index contributed by atoms with van der Waals surface area (Å²) < 4.78 is 0. The van der Waals surface area contributed by atoms with Gasteiger partial charge >= 0.3 is 0 Å². The monoisotopic (exact) mass is 498 g/mol. The first-order valence-electron chi connectivity index (χ1n) is 12.2. The molecule has 3 heterocycles. The van der Waals surface area contributed by atoms with Crippen molar-refractivity contribution in [1.29, 1.82) is 0 Å². The number of hydrazine groups is 1. The molecule has 0 bridgehead atoms. The molecular formula is C25H34N6O3S. The Bertz CT molecular complexity index is 1100. The van der Waals surface area contributed by atoms with Crippen LogP contribution in [0.1, 0.15) is 69.5 Å². The molecule has 188 valence electrons. The van der Waals surface area contributed by atoms with E-state index in [1.807, 2.05) is 26.0 Å². The predicted octanol–water partition coefficient (Wildman–Crippen LogP) is 2.25. The number of carbonyl (C=O) groups excluding carboxylic acids is 3. The largest absolute Gasteiger partial charge is 0.350 e. The fraction of sp³-hybridized carbons (Fsp3) is 0.520. The fourth-order valence-electron chi connectivity index (χ4n) is 4.51. The summed E-state index contributed by atoms with van der Waals surface area (Å²) in [5, 5.41) is 13.8. The standard InChI is InChI=1S/C25H34N6O3S/c1-15(2)27-24(34)25-28-17(4)21(35-25)23(33)26-12-16(3)22(32)29-20-14-31-11-7-10-30(31)13-18-8-5-6-9-19(18)20/h5-6,8-9,15-16,20H,7,10-14H2,1-4H3,(H,26,33)(H,27,34)(H,29,32)/t16-,20-/m1/s1. The number of fused-ring (bicyclic) bond motifs is 2. The summed E-state index contributed by atoms with van der Waals surface area (Å²) in [7, 11) is 0. The van der Waals surface area contributed by atoms with E-state index < -0.39 is 5.92 Å². The molecule has 0 radical (unpaired) electrons. The average Bonchev–Trinajstić information content (AvgIpc) is 3.39. The number of rotatable bonds is 7. The third-order valence-corrected chi connectivity index (χ3v) is 7.51. The lowest BCUT2D eigenvalue weighted by molar-refractivity contribution is -0.125. The maximum absolute atomic E-state index is 13.1. The number of benzene rings is 1. The van der Waals surface area contributed by atoms with E-state index in [2.05, 4.69) is 43.1 Å². The van der Waals surface area contributed by atoms with Crippen LogP contribution in [-0.2, 0) is 11.3 Å². The van der Waals surface area contributed by atoms with Crippen LogP contribution in [0.2, 0.25) is 0 Å². The summed E-state index contributed by atoms with van der Waals surface area (Å²) >= 11 is 1.06. The summed E-state index contributed by atoms with van der Waals surface area (Å²) in [6, 6.07) is 8.16. The Balaban J connectivity index is 1.36. The zero-order valence-electron chi connectivity index (χ0n) is 20.8. The first kappa shape index (κ1) is 25.3. The highest BCUT2D eigenvalue weighted by Crippen LogP contribution is 2.28. The van der Waals surface area contributed by atoms with Gasteiger partial charge in [0.2, 0.25) is 5.91 Å². The number of aryl methyl sites for hydroxylation is 1.